The summed E-state index contributed by atoms with van der Waals surface area (Å²) in [6, 6.07) is 19.1. The van der Waals surface area contributed by atoms with E-state index in [2.05, 4.69) is 27.6 Å². The second kappa shape index (κ2) is 10.4. The Morgan fingerprint density at radius 1 is 1.00 bits per heavy atom. The summed E-state index contributed by atoms with van der Waals surface area (Å²) in [4.78, 5) is 36.0. The van der Waals surface area contributed by atoms with Crippen molar-refractivity contribution in [2.24, 2.45) is 5.92 Å². The number of amides is 1. The normalized spacial score (nSPS) is 12.7. The summed E-state index contributed by atoms with van der Waals surface area (Å²) in [5.41, 5.74) is 3.04. The Bertz CT molecular complexity index is 1050. The molecule has 0 aliphatic heterocycles. The number of carbonyl (C=O) groups excluding carboxylic acids is 2. The van der Waals surface area contributed by atoms with Crippen molar-refractivity contribution in [3.8, 4) is 11.1 Å². The highest BCUT2D eigenvalue weighted by molar-refractivity contribution is 5.92. The maximum Gasteiger partial charge on any atom is 0.308 e. The molecule has 162 valence electrons. The molecule has 0 bridgehead atoms. The van der Waals surface area contributed by atoms with Crippen LogP contribution in [0.2, 0.25) is 0 Å². The molecule has 3 N–H and O–H groups in total. The highest BCUT2D eigenvalue weighted by Crippen LogP contribution is 2.21. The van der Waals surface area contributed by atoms with E-state index in [-0.39, 0.29) is 29.2 Å². The van der Waals surface area contributed by atoms with E-state index >= 15 is 0 Å². The van der Waals surface area contributed by atoms with Gasteiger partial charge in [-0.05, 0) is 36.5 Å². The predicted octanol–water partition coefficient (Wildman–Crippen LogP) is 3.30. The maximum absolute atomic E-state index is 12.6. The van der Waals surface area contributed by atoms with Gasteiger partial charge in [-0.25, -0.2) is 0 Å². The van der Waals surface area contributed by atoms with Crippen LogP contribution in [0.4, 0.5) is 0 Å². The van der Waals surface area contributed by atoms with Crippen molar-refractivity contribution in [3.63, 3.8) is 0 Å². The molecule has 3 aromatic rings. The molecule has 1 aromatic heterocycles. The quantitative estimate of drug-likeness (QED) is 0.461. The van der Waals surface area contributed by atoms with Crippen molar-refractivity contribution >= 4 is 11.9 Å². The van der Waals surface area contributed by atoms with Gasteiger partial charge in [0.25, 0.3) is 11.5 Å². The van der Waals surface area contributed by atoms with E-state index in [9.17, 15) is 14.4 Å². The number of nitrogens with one attached hydrogen (secondary N) is 3. The number of rotatable bonds is 9. The molecule has 0 radical (unpaired) electrons. The van der Waals surface area contributed by atoms with Crippen molar-refractivity contribution in [2.45, 2.75) is 32.7 Å². The molecule has 7 nitrogen and oxygen atoms in total. The van der Waals surface area contributed by atoms with Crippen LogP contribution < -0.4 is 10.9 Å². The number of ether oxygens (including phenoxy) is 1. The number of esters is 1. The van der Waals surface area contributed by atoms with Gasteiger partial charge < -0.3 is 10.1 Å². The lowest BCUT2D eigenvalue weighted by Crippen LogP contribution is -2.39. The summed E-state index contributed by atoms with van der Waals surface area (Å²) in [5, 5.41) is 7.84. The van der Waals surface area contributed by atoms with Gasteiger partial charge in [0.2, 0.25) is 0 Å². The molecule has 2 atom stereocenters. The number of H-pyrrole nitrogens is 2. The molecule has 2 aromatic carbocycles. The van der Waals surface area contributed by atoms with Crippen LogP contribution >= 0.6 is 0 Å². The fraction of sp³-hybridized carbons (Fsp3) is 0.292. The van der Waals surface area contributed by atoms with Crippen LogP contribution in [0, 0.1) is 5.92 Å². The van der Waals surface area contributed by atoms with E-state index in [1.54, 1.807) is 13.8 Å². The number of hydrogen-bond acceptors (Lipinski definition) is 4. The Morgan fingerprint density at radius 2 is 1.68 bits per heavy atom. The minimum Gasteiger partial charge on any atom is -0.466 e. The molecule has 3 rings (SSSR count). The van der Waals surface area contributed by atoms with E-state index in [1.165, 1.54) is 6.07 Å². The summed E-state index contributed by atoms with van der Waals surface area (Å²) >= 11 is 0. The minimum absolute atomic E-state index is 0.151. The van der Waals surface area contributed by atoms with Gasteiger partial charge in [0.15, 0.2) is 0 Å². The number of aromatic amines is 2. The van der Waals surface area contributed by atoms with Crippen LogP contribution in [-0.4, -0.2) is 34.7 Å². The fourth-order valence-corrected chi connectivity index (χ4v) is 3.47. The first-order valence-corrected chi connectivity index (χ1v) is 10.4. The van der Waals surface area contributed by atoms with Gasteiger partial charge in [-0.1, -0.05) is 61.5 Å². The molecule has 1 amide bonds. The van der Waals surface area contributed by atoms with Crippen LogP contribution in [0.25, 0.3) is 11.1 Å². The first-order chi connectivity index (χ1) is 15.0. The summed E-state index contributed by atoms with van der Waals surface area (Å²) in [6.07, 6.45) is 0.957. The molecule has 0 aliphatic carbocycles. The standard InChI is InChI=1S/C24H27N3O4/c1-3-31-24(30)16(2)13-20(25-23(29)21-15-22(28)27-26-21)14-17-9-11-19(12-10-17)18-7-5-4-6-8-18/h4-12,15-16,20H,3,13-14H2,1-2H3,(H,25,29)(H2,26,27,28)/t16-,20+/m1/s1. The van der Waals surface area contributed by atoms with E-state index in [0.29, 0.717) is 19.4 Å². The lowest BCUT2D eigenvalue weighted by molar-refractivity contribution is -0.147. The van der Waals surface area contributed by atoms with Crippen molar-refractivity contribution in [1.29, 1.82) is 0 Å². The zero-order chi connectivity index (χ0) is 22.2. The zero-order valence-electron chi connectivity index (χ0n) is 17.7. The largest absolute Gasteiger partial charge is 0.466 e. The van der Waals surface area contributed by atoms with E-state index in [0.717, 1.165) is 16.7 Å². The summed E-state index contributed by atoms with van der Waals surface area (Å²) in [6.45, 7) is 3.86. The maximum atomic E-state index is 12.6. The third kappa shape index (κ3) is 6.18. The van der Waals surface area contributed by atoms with Gasteiger partial charge >= 0.3 is 5.97 Å². The van der Waals surface area contributed by atoms with Crippen LogP contribution in [0.3, 0.4) is 0 Å². The molecular weight excluding hydrogens is 394 g/mol. The molecule has 0 spiro atoms. The predicted molar refractivity (Wildman–Crippen MR) is 119 cm³/mol. The third-order valence-corrected chi connectivity index (χ3v) is 5.05. The average Bonchev–Trinajstić information content (AvgIpc) is 3.21. The number of benzene rings is 2. The summed E-state index contributed by atoms with van der Waals surface area (Å²) < 4.78 is 5.11. The van der Waals surface area contributed by atoms with Crippen molar-refractivity contribution < 1.29 is 14.3 Å². The highest BCUT2D eigenvalue weighted by atomic mass is 16.5. The van der Waals surface area contributed by atoms with Gasteiger partial charge in [-0.3, -0.25) is 24.6 Å². The van der Waals surface area contributed by atoms with Gasteiger partial charge in [-0.15, -0.1) is 0 Å². The first-order valence-electron chi connectivity index (χ1n) is 10.4. The van der Waals surface area contributed by atoms with E-state index < -0.39 is 5.91 Å². The molecule has 0 unspecified atom stereocenters. The Hall–Kier alpha value is -3.61. The van der Waals surface area contributed by atoms with Crippen LogP contribution in [0.15, 0.2) is 65.5 Å². The first kappa shape index (κ1) is 22.1. The van der Waals surface area contributed by atoms with Crippen LogP contribution in [-0.2, 0) is 16.0 Å². The summed E-state index contributed by atoms with van der Waals surface area (Å²) in [7, 11) is 0. The second-order valence-corrected chi connectivity index (χ2v) is 7.50. The fourth-order valence-electron chi connectivity index (χ4n) is 3.47. The molecule has 0 saturated heterocycles. The van der Waals surface area contributed by atoms with E-state index in [4.69, 9.17) is 4.74 Å². The molecule has 1 heterocycles. The van der Waals surface area contributed by atoms with Gasteiger partial charge in [0, 0.05) is 12.1 Å². The lowest BCUT2D eigenvalue weighted by Gasteiger charge is -2.21. The molecule has 31 heavy (non-hydrogen) atoms. The van der Waals surface area contributed by atoms with Crippen molar-refractivity contribution in [3.05, 3.63) is 82.3 Å². The number of carbonyl (C=O) groups is 2. The van der Waals surface area contributed by atoms with Gasteiger partial charge in [0.1, 0.15) is 5.69 Å². The Labute approximate surface area is 180 Å². The Kier molecular flexibility index (Phi) is 7.43. The summed E-state index contributed by atoms with van der Waals surface area (Å²) in [5.74, 6) is -1.07. The highest BCUT2D eigenvalue weighted by Gasteiger charge is 2.23. The molecule has 0 saturated carbocycles. The SMILES string of the molecule is CCOC(=O)[C@H](C)C[C@@H](Cc1ccc(-c2ccccc2)cc1)NC(=O)c1cc(=O)[nH][nH]1. The molecule has 7 heteroatoms. The molecule has 0 aliphatic rings. The molecular formula is C24H27N3O4. The Balaban J connectivity index is 1.74. The minimum atomic E-state index is -0.402. The van der Waals surface area contributed by atoms with Gasteiger partial charge in [0.05, 0.1) is 12.5 Å². The van der Waals surface area contributed by atoms with Crippen LogP contribution in [0.5, 0.6) is 0 Å². The number of hydrogen-bond donors (Lipinski definition) is 3. The van der Waals surface area contributed by atoms with Crippen molar-refractivity contribution in [2.75, 3.05) is 6.61 Å². The molecule has 0 fully saturated rings. The monoisotopic (exact) mass is 421 g/mol. The second-order valence-electron chi connectivity index (χ2n) is 7.50. The average molecular weight is 421 g/mol. The topological polar surface area (TPSA) is 104 Å². The number of aromatic nitrogens is 2. The van der Waals surface area contributed by atoms with E-state index in [1.807, 2.05) is 42.5 Å². The van der Waals surface area contributed by atoms with Gasteiger partial charge in [-0.2, -0.15) is 0 Å². The van der Waals surface area contributed by atoms with Crippen LogP contribution in [0.1, 0.15) is 36.3 Å². The Morgan fingerprint density at radius 3 is 2.29 bits per heavy atom. The smallest absolute Gasteiger partial charge is 0.308 e. The lowest BCUT2D eigenvalue weighted by atomic mass is 9.94. The zero-order valence-corrected chi connectivity index (χ0v) is 17.7. The van der Waals surface area contributed by atoms with Crippen molar-refractivity contribution in [1.82, 2.24) is 15.5 Å². The third-order valence-electron chi connectivity index (χ3n) is 5.05.